The number of nitrogens with zero attached hydrogens (tertiary/aromatic N) is 2. The lowest BCUT2D eigenvalue weighted by molar-refractivity contribution is -0.122. The van der Waals surface area contributed by atoms with Gasteiger partial charge in [-0.3, -0.25) is 9.48 Å². The minimum absolute atomic E-state index is 0.134. The molecule has 1 aromatic heterocycles. The first-order valence-electron chi connectivity index (χ1n) is 7.96. The van der Waals surface area contributed by atoms with Gasteiger partial charge in [0.1, 0.15) is 12.4 Å². The number of nitrogens with one attached hydrogen (secondary N) is 2. The zero-order valence-corrected chi connectivity index (χ0v) is 13.0. The van der Waals surface area contributed by atoms with Crippen molar-refractivity contribution in [1.29, 1.82) is 0 Å². The fourth-order valence-electron chi connectivity index (χ4n) is 2.84. The quantitative estimate of drug-likeness (QED) is 0.884. The van der Waals surface area contributed by atoms with Crippen molar-refractivity contribution in [2.45, 2.75) is 31.8 Å². The third kappa shape index (κ3) is 4.39. The van der Waals surface area contributed by atoms with E-state index in [-0.39, 0.29) is 18.3 Å². The largest absolute Gasteiger partial charge is 0.350 e. The molecule has 3 rings (SSSR count). The Bertz CT molecular complexity index is 664. The zero-order valence-electron chi connectivity index (χ0n) is 13.0. The predicted molar refractivity (Wildman–Crippen MR) is 85.3 cm³/mol. The summed E-state index contributed by atoms with van der Waals surface area (Å²) in [6.07, 6.45) is 4.13. The topological polar surface area (TPSA) is 59.0 Å². The lowest BCUT2D eigenvalue weighted by atomic mass is 9.97. The van der Waals surface area contributed by atoms with Gasteiger partial charge in [0.15, 0.2) is 0 Å². The molecule has 0 radical (unpaired) electrons. The van der Waals surface area contributed by atoms with E-state index in [9.17, 15) is 9.18 Å². The number of halogens is 1. The number of carbonyl (C=O) groups excluding carboxylic acids is 1. The second-order valence-electron chi connectivity index (χ2n) is 5.89. The Morgan fingerprint density at radius 3 is 3.13 bits per heavy atom. The third-order valence-electron chi connectivity index (χ3n) is 4.06. The molecule has 1 saturated heterocycles. The number of carbonyl (C=O) groups is 1. The van der Waals surface area contributed by atoms with Crippen molar-refractivity contribution in [3.63, 3.8) is 0 Å². The van der Waals surface area contributed by atoms with Crippen LogP contribution in [0.4, 0.5) is 4.39 Å². The summed E-state index contributed by atoms with van der Waals surface area (Å²) in [5, 5.41) is 10.7. The number of hydrogen-bond acceptors (Lipinski definition) is 3. The normalized spacial score (nSPS) is 17.9. The minimum Gasteiger partial charge on any atom is -0.350 e. The van der Waals surface area contributed by atoms with Gasteiger partial charge in [-0.1, -0.05) is 12.1 Å². The fourth-order valence-corrected chi connectivity index (χ4v) is 2.84. The molecule has 122 valence electrons. The van der Waals surface area contributed by atoms with E-state index in [2.05, 4.69) is 15.7 Å². The molecule has 1 aromatic carbocycles. The molecule has 2 N–H and O–H groups in total. The highest BCUT2D eigenvalue weighted by Crippen LogP contribution is 2.21. The first kappa shape index (κ1) is 15.7. The van der Waals surface area contributed by atoms with Gasteiger partial charge in [0.05, 0.1) is 5.69 Å². The van der Waals surface area contributed by atoms with Gasteiger partial charge in [0.2, 0.25) is 5.91 Å². The van der Waals surface area contributed by atoms with Gasteiger partial charge in [-0.05, 0) is 43.1 Å². The van der Waals surface area contributed by atoms with Crippen molar-refractivity contribution >= 4 is 5.91 Å². The molecule has 6 heteroatoms. The SMILES string of the molecule is O=C(Cn1ccc([C@@H]2CCCNC2)n1)NCc1cccc(F)c1. The van der Waals surface area contributed by atoms with Crippen LogP contribution in [-0.2, 0) is 17.9 Å². The molecule has 5 nitrogen and oxygen atoms in total. The molecule has 1 atom stereocenters. The Morgan fingerprint density at radius 2 is 2.35 bits per heavy atom. The maximum atomic E-state index is 13.1. The fraction of sp³-hybridized carbons (Fsp3) is 0.412. The molecule has 23 heavy (non-hydrogen) atoms. The minimum atomic E-state index is -0.297. The smallest absolute Gasteiger partial charge is 0.241 e. The van der Waals surface area contributed by atoms with Gasteiger partial charge >= 0.3 is 0 Å². The monoisotopic (exact) mass is 316 g/mol. The highest BCUT2D eigenvalue weighted by atomic mass is 19.1. The lowest BCUT2D eigenvalue weighted by Gasteiger charge is -2.20. The zero-order chi connectivity index (χ0) is 16.1. The molecule has 1 aliphatic rings. The van der Waals surface area contributed by atoms with Crippen LogP contribution in [0.3, 0.4) is 0 Å². The van der Waals surface area contributed by atoms with E-state index in [0.717, 1.165) is 37.2 Å². The van der Waals surface area contributed by atoms with Gasteiger partial charge in [-0.25, -0.2) is 4.39 Å². The summed E-state index contributed by atoms with van der Waals surface area (Å²) >= 11 is 0. The van der Waals surface area contributed by atoms with Crippen LogP contribution in [0, 0.1) is 5.82 Å². The summed E-state index contributed by atoms with van der Waals surface area (Å²) in [5.74, 6) is 0.000550. The van der Waals surface area contributed by atoms with Crippen molar-refractivity contribution in [1.82, 2.24) is 20.4 Å². The Kier molecular flexibility index (Phi) is 5.02. The van der Waals surface area contributed by atoms with Gasteiger partial charge < -0.3 is 10.6 Å². The van der Waals surface area contributed by atoms with Crippen LogP contribution < -0.4 is 10.6 Å². The lowest BCUT2D eigenvalue weighted by Crippen LogP contribution is -2.29. The first-order valence-corrected chi connectivity index (χ1v) is 7.96. The summed E-state index contributed by atoms with van der Waals surface area (Å²) in [5.41, 5.74) is 1.78. The second-order valence-corrected chi connectivity index (χ2v) is 5.89. The van der Waals surface area contributed by atoms with Crippen LogP contribution in [-0.4, -0.2) is 28.8 Å². The van der Waals surface area contributed by atoms with Gasteiger partial charge in [-0.2, -0.15) is 5.10 Å². The van der Waals surface area contributed by atoms with Crippen molar-refractivity contribution in [3.8, 4) is 0 Å². The molecule has 1 amide bonds. The van der Waals surface area contributed by atoms with E-state index in [1.807, 2.05) is 12.3 Å². The molecular formula is C17H21FN4O. The predicted octanol–water partition coefficient (Wildman–Crippen LogP) is 1.81. The van der Waals surface area contributed by atoms with E-state index in [4.69, 9.17) is 0 Å². The van der Waals surface area contributed by atoms with E-state index in [1.54, 1.807) is 16.8 Å². The first-order chi connectivity index (χ1) is 11.2. The number of rotatable bonds is 5. The molecule has 2 heterocycles. The van der Waals surface area contributed by atoms with Gasteiger partial charge in [-0.15, -0.1) is 0 Å². The van der Waals surface area contributed by atoms with E-state index < -0.39 is 0 Å². The second kappa shape index (κ2) is 7.37. The number of hydrogen-bond donors (Lipinski definition) is 2. The summed E-state index contributed by atoms with van der Waals surface area (Å²) in [7, 11) is 0. The van der Waals surface area contributed by atoms with Crippen molar-refractivity contribution in [3.05, 3.63) is 53.6 Å². The number of aromatic nitrogens is 2. The summed E-state index contributed by atoms with van der Waals surface area (Å²) < 4.78 is 14.7. The third-order valence-corrected chi connectivity index (χ3v) is 4.06. The molecular weight excluding hydrogens is 295 g/mol. The molecule has 0 bridgehead atoms. The molecule has 0 unspecified atom stereocenters. The van der Waals surface area contributed by atoms with Crippen LogP contribution >= 0.6 is 0 Å². The number of benzene rings is 1. The highest BCUT2D eigenvalue weighted by molar-refractivity contribution is 5.75. The molecule has 1 aliphatic heterocycles. The average molecular weight is 316 g/mol. The van der Waals surface area contributed by atoms with Crippen molar-refractivity contribution in [2.75, 3.05) is 13.1 Å². The Balaban J connectivity index is 1.50. The summed E-state index contributed by atoms with van der Waals surface area (Å²) in [6, 6.07) is 8.21. The molecule has 0 aliphatic carbocycles. The van der Waals surface area contributed by atoms with E-state index in [1.165, 1.54) is 12.1 Å². The highest BCUT2D eigenvalue weighted by Gasteiger charge is 2.17. The van der Waals surface area contributed by atoms with Crippen LogP contribution in [0.25, 0.3) is 0 Å². The molecule has 0 saturated carbocycles. The van der Waals surface area contributed by atoms with Crippen LogP contribution in [0.1, 0.15) is 30.0 Å². The molecule has 2 aromatic rings. The standard InChI is InChI=1S/C17H21FN4O/c18-15-5-1-3-13(9-15)10-20-17(23)12-22-8-6-16(21-22)14-4-2-7-19-11-14/h1,3,5-6,8-9,14,19H,2,4,7,10-12H2,(H,20,23)/t14-/m1/s1. The Labute approximate surface area is 134 Å². The molecule has 1 fully saturated rings. The maximum absolute atomic E-state index is 13.1. The van der Waals surface area contributed by atoms with Gasteiger partial charge in [0, 0.05) is 25.2 Å². The van der Waals surface area contributed by atoms with E-state index >= 15 is 0 Å². The number of piperidine rings is 1. The molecule has 0 spiro atoms. The van der Waals surface area contributed by atoms with Crippen molar-refractivity contribution in [2.24, 2.45) is 0 Å². The summed E-state index contributed by atoms with van der Waals surface area (Å²) in [4.78, 5) is 12.0. The van der Waals surface area contributed by atoms with Crippen LogP contribution in [0.15, 0.2) is 36.5 Å². The Hall–Kier alpha value is -2.21. The van der Waals surface area contributed by atoms with Crippen LogP contribution in [0.2, 0.25) is 0 Å². The Morgan fingerprint density at radius 1 is 1.43 bits per heavy atom. The maximum Gasteiger partial charge on any atom is 0.241 e. The van der Waals surface area contributed by atoms with Crippen LogP contribution in [0.5, 0.6) is 0 Å². The van der Waals surface area contributed by atoms with Crippen molar-refractivity contribution < 1.29 is 9.18 Å². The van der Waals surface area contributed by atoms with Gasteiger partial charge in [0.25, 0.3) is 0 Å². The number of amides is 1. The average Bonchev–Trinajstić information content (AvgIpc) is 3.02. The van der Waals surface area contributed by atoms with E-state index in [0.29, 0.717) is 12.5 Å². The summed E-state index contributed by atoms with van der Waals surface area (Å²) in [6.45, 7) is 2.51.